The number of hydrogen-bond donors (Lipinski definition) is 1. The van der Waals surface area contributed by atoms with E-state index in [1.54, 1.807) is 0 Å². The molecule has 0 aliphatic carbocycles. The molecule has 5 heteroatoms. The highest BCUT2D eigenvalue weighted by molar-refractivity contribution is 5.78. The third kappa shape index (κ3) is 3.97. The first-order valence-electron chi connectivity index (χ1n) is 8.91. The van der Waals surface area contributed by atoms with Crippen molar-refractivity contribution < 1.29 is 14.3 Å². The van der Waals surface area contributed by atoms with Gasteiger partial charge in [0.25, 0.3) is 0 Å². The molecule has 0 spiro atoms. The van der Waals surface area contributed by atoms with Gasteiger partial charge in [-0.05, 0) is 32.3 Å². The van der Waals surface area contributed by atoms with Crippen molar-refractivity contribution in [3.8, 4) is 0 Å². The molecule has 5 nitrogen and oxygen atoms in total. The molecule has 132 valence electrons. The van der Waals surface area contributed by atoms with Crippen LogP contribution in [0.15, 0.2) is 30.3 Å². The van der Waals surface area contributed by atoms with Crippen molar-refractivity contribution in [3.05, 3.63) is 35.9 Å². The fourth-order valence-electron chi connectivity index (χ4n) is 3.78. The molecular formula is C19H28N2O3. The molecular weight excluding hydrogens is 304 g/mol. The highest BCUT2D eigenvalue weighted by Crippen LogP contribution is 2.31. The number of nitrogens with zero attached hydrogens (tertiary/aromatic N) is 1. The molecule has 0 radical (unpaired) electrons. The van der Waals surface area contributed by atoms with Crippen LogP contribution in [0.4, 0.5) is 0 Å². The lowest BCUT2D eigenvalue weighted by Crippen LogP contribution is -2.54. The third-order valence-corrected chi connectivity index (χ3v) is 5.02. The molecule has 1 amide bonds. The fourth-order valence-corrected chi connectivity index (χ4v) is 3.78. The lowest BCUT2D eigenvalue weighted by atomic mass is 9.82. The normalized spacial score (nSPS) is 27.0. The van der Waals surface area contributed by atoms with Gasteiger partial charge in [-0.15, -0.1) is 0 Å². The number of amides is 1. The second kappa shape index (κ2) is 7.64. The van der Waals surface area contributed by atoms with E-state index in [9.17, 15) is 4.79 Å². The van der Waals surface area contributed by atoms with Crippen molar-refractivity contribution in [2.24, 2.45) is 0 Å². The topological polar surface area (TPSA) is 50.8 Å². The van der Waals surface area contributed by atoms with Gasteiger partial charge in [-0.3, -0.25) is 10.1 Å². The predicted octanol–water partition coefficient (Wildman–Crippen LogP) is 1.92. The van der Waals surface area contributed by atoms with Gasteiger partial charge in [0.2, 0.25) is 5.91 Å². The summed E-state index contributed by atoms with van der Waals surface area (Å²) in [5, 5.41) is 3.57. The number of rotatable bonds is 4. The molecule has 2 atom stereocenters. The van der Waals surface area contributed by atoms with Crippen LogP contribution in [0.1, 0.15) is 32.3 Å². The minimum atomic E-state index is -0.168. The minimum absolute atomic E-state index is 0.101. The van der Waals surface area contributed by atoms with Crippen molar-refractivity contribution in [1.82, 2.24) is 10.2 Å². The maximum Gasteiger partial charge on any atom is 0.236 e. The minimum Gasteiger partial charge on any atom is -0.381 e. The zero-order valence-corrected chi connectivity index (χ0v) is 14.7. The van der Waals surface area contributed by atoms with E-state index in [-0.39, 0.29) is 23.7 Å². The van der Waals surface area contributed by atoms with Crippen LogP contribution in [-0.2, 0) is 19.8 Å². The second-order valence-electron chi connectivity index (χ2n) is 6.97. The third-order valence-electron chi connectivity index (χ3n) is 5.02. The van der Waals surface area contributed by atoms with Gasteiger partial charge in [0.15, 0.2) is 0 Å². The molecule has 2 fully saturated rings. The summed E-state index contributed by atoms with van der Waals surface area (Å²) >= 11 is 0. The van der Waals surface area contributed by atoms with E-state index in [0.717, 1.165) is 26.1 Å². The molecule has 0 unspecified atom stereocenters. The molecule has 1 aromatic rings. The van der Waals surface area contributed by atoms with Crippen LogP contribution < -0.4 is 5.32 Å². The molecule has 3 rings (SSSR count). The Hall–Kier alpha value is -1.43. The van der Waals surface area contributed by atoms with Crippen LogP contribution in [0, 0.1) is 0 Å². The summed E-state index contributed by atoms with van der Waals surface area (Å²) in [7, 11) is 0. The summed E-state index contributed by atoms with van der Waals surface area (Å²) in [6.07, 6.45) is 1.98. The summed E-state index contributed by atoms with van der Waals surface area (Å²) in [5.41, 5.74) is 1.07. The van der Waals surface area contributed by atoms with Crippen LogP contribution in [0.3, 0.4) is 0 Å². The van der Waals surface area contributed by atoms with Gasteiger partial charge in [-0.25, -0.2) is 0 Å². The summed E-state index contributed by atoms with van der Waals surface area (Å²) in [6.45, 7) is 7.19. The Balaban J connectivity index is 1.66. The van der Waals surface area contributed by atoms with Crippen LogP contribution >= 0.6 is 0 Å². The van der Waals surface area contributed by atoms with E-state index in [0.29, 0.717) is 19.6 Å². The lowest BCUT2D eigenvalue weighted by molar-refractivity contribution is -0.142. The molecule has 0 aromatic heterocycles. The molecule has 1 aromatic carbocycles. The molecule has 2 heterocycles. The number of carbonyl (C=O) groups excluding carboxylic acids is 1. The molecule has 0 bridgehead atoms. The summed E-state index contributed by atoms with van der Waals surface area (Å²) in [6, 6.07) is 10.4. The van der Waals surface area contributed by atoms with E-state index in [1.165, 1.54) is 5.56 Å². The Labute approximate surface area is 144 Å². The smallest absolute Gasteiger partial charge is 0.236 e. The number of nitrogens with one attached hydrogen (secondary N) is 1. The number of ether oxygens (including phenoxy) is 2. The molecule has 2 aliphatic heterocycles. The van der Waals surface area contributed by atoms with Crippen molar-refractivity contribution in [1.29, 1.82) is 0 Å². The largest absolute Gasteiger partial charge is 0.381 e. The molecule has 24 heavy (non-hydrogen) atoms. The zero-order chi connectivity index (χ0) is 17.0. The van der Waals surface area contributed by atoms with Gasteiger partial charge < -0.3 is 14.4 Å². The van der Waals surface area contributed by atoms with Gasteiger partial charge in [-0.1, -0.05) is 30.3 Å². The van der Waals surface area contributed by atoms with E-state index in [1.807, 2.05) is 24.8 Å². The van der Waals surface area contributed by atoms with Gasteiger partial charge in [0, 0.05) is 31.8 Å². The highest BCUT2D eigenvalue weighted by atomic mass is 16.5. The zero-order valence-electron chi connectivity index (χ0n) is 14.7. The maximum atomic E-state index is 12.7. The maximum absolute atomic E-state index is 12.7. The van der Waals surface area contributed by atoms with Gasteiger partial charge in [0.05, 0.1) is 18.8 Å². The monoisotopic (exact) mass is 332 g/mol. The highest BCUT2D eigenvalue weighted by Gasteiger charge is 2.35. The first-order chi connectivity index (χ1) is 11.6. The second-order valence-corrected chi connectivity index (χ2v) is 6.97. The van der Waals surface area contributed by atoms with E-state index >= 15 is 0 Å². The van der Waals surface area contributed by atoms with Crippen molar-refractivity contribution in [2.45, 2.75) is 44.4 Å². The average molecular weight is 332 g/mol. The summed E-state index contributed by atoms with van der Waals surface area (Å²) < 4.78 is 11.3. The molecule has 1 N–H and O–H groups in total. The average Bonchev–Trinajstić information content (AvgIpc) is 2.60. The number of carbonyl (C=O) groups is 1. The van der Waals surface area contributed by atoms with E-state index < -0.39 is 0 Å². The van der Waals surface area contributed by atoms with Crippen LogP contribution in [-0.4, -0.2) is 55.9 Å². The van der Waals surface area contributed by atoms with Crippen molar-refractivity contribution >= 4 is 5.91 Å². The van der Waals surface area contributed by atoms with Crippen molar-refractivity contribution in [2.75, 3.05) is 32.8 Å². The standard InChI is InChI=1S/C19H28N2O3/c1-15-13-21(14-16(2)24-15)18(22)12-20-19(8-10-23-11-9-19)17-6-4-3-5-7-17/h3-7,15-16,20H,8-14H2,1-2H3/t15-,16+. The summed E-state index contributed by atoms with van der Waals surface area (Å²) in [4.78, 5) is 14.6. The Morgan fingerprint density at radius 2 is 1.79 bits per heavy atom. The molecule has 2 aliphatic rings. The molecule has 0 saturated carbocycles. The summed E-state index contributed by atoms with van der Waals surface area (Å²) in [5.74, 6) is 0.152. The Bertz CT molecular complexity index is 533. The first kappa shape index (κ1) is 17.4. The van der Waals surface area contributed by atoms with E-state index in [4.69, 9.17) is 9.47 Å². The van der Waals surface area contributed by atoms with Crippen LogP contribution in [0.25, 0.3) is 0 Å². The number of benzene rings is 1. The van der Waals surface area contributed by atoms with Gasteiger partial charge in [0.1, 0.15) is 0 Å². The predicted molar refractivity (Wildman–Crippen MR) is 92.8 cm³/mol. The van der Waals surface area contributed by atoms with Crippen LogP contribution in [0.5, 0.6) is 0 Å². The SMILES string of the molecule is C[C@@H]1CN(C(=O)CNC2(c3ccccc3)CCOCC2)C[C@H](C)O1. The first-order valence-corrected chi connectivity index (χ1v) is 8.91. The van der Waals surface area contributed by atoms with Gasteiger partial charge >= 0.3 is 0 Å². The molecule has 2 saturated heterocycles. The Morgan fingerprint density at radius 1 is 1.17 bits per heavy atom. The number of morpholine rings is 1. The van der Waals surface area contributed by atoms with Crippen LogP contribution in [0.2, 0.25) is 0 Å². The number of hydrogen-bond acceptors (Lipinski definition) is 4. The van der Waals surface area contributed by atoms with Gasteiger partial charge in [-0.2, -0.15) is 0 Å². The van der Waals surface area contributed by atoms with Crippen molar-refractivity contribution in [3.63, 3.8) is 0 Å². The quantitative estimate of drug-likeness (QED) is 0.915. The Morgan fingerprint density at radius 3 is 2.42 bits per heavy atom. The Kier molecular flexibility index (Phi) is 5.54. The van der Waals surface area contributed by atoms with E-state index in [2.05, 4.69) is 29.6 Å². The lowest BCUT2D eigenvalue weighted by Gasteiger charge is -2.40. The fraction of sp³-hybridized carbons (Fsp3) is 0.632.